The molecule has 2 nitrogen and oxygen atoms in total. The molecule has 1 aromatic heterocycles. The first-order valence-electron chi connectivity index (χ1n) is 5.69. The Morgan fingerprint density at radius 3 is 2.69 bits per heavy atom. The Morgan fingerprint density at radius 1 is 1.31 bits per heavy atom. The second kappa shape index (κ2) is 4.12. The number of hydrogen-bond acceptors (Lipinski definition) is 2. The highest BCUT2D eigenvalue weighted by Gasteiger charge is 2.10. The molecular weight excluding hydrogens is 200 g/mol. The van der Waals surface area contributed by atoms with Crippen LogP contribution in [0.2, 0.25) is 0 Å². The monoisotopic (exact) mass is 216 g/mol. The minimum absolute atomic E-state index is 0.0561. The Balaban J connectivity index is 2.85. The van der Waals surface area contributed by atoms with Gasteiger partial charge in [0.05, 0.1) is 5.39 Å². The molecule has 0 atom stereocenters. The van der Waals surface area contributed by atoms with Crippen LogP contribution < -0.4 is 5.43 Å². The third-order valence-electron chi connectivity index (χ3n) is 2.81. The van der Waals surface area contributed by atoms with E-state index in [-0.39, 0.29) is 5.43 Å². The van der Waals surface area contributed by atoms with Crippen LogP contribution in [0.15, 0.2) is 33.5 Å². The molecule has 0 saturated carbocycles. The van der Waals surface area contributed by atoms with E-state index in [2.05, 4.69) is 13.8 Å². The van der Waals surface area contributed by atoms with Gasteiger partial charge in [0.2, 0.25) is 0 Å². The van der Waals surface area contributed by atoms with Crippen molar-refractivity contribution in [2.45, 2.75) is 33.1 Å². The number of hydrogen-bond donors (Lipinski definition) is 0. The first-order chi connectivity index (χ1) is 7.63. The number of fused-ring (bicyclic) bond motifs is 1. The standard InChI is InChI=1S/C14H16O2/c1-4-10-8-13(15)12-7-5-6-11(9(2)3)14(12)16-10/h5-9H,4H2,1-3H3. The Bertz CT molecular complexity index is 564. The fraction of sp³-hybridized carbons (Fsp3) is 0.357. The average Bonchev–Trinajstić information content (AvgIpc) is 2.28. The lowest BCUT2D eigenvalue weighted by atomic mass is 10.0. The van der Waals surface area contributed by atoms with Crippen molar-refractivity contribution >= 4 is 11.0 Å². The summed E-state index contributed by atoms with van der Waals surface area (Å²) < 4.78 is 5.78. The van der Waals surface area contributed by atoms with Gasteiger partial charge < -0.3 is 4.42 Å². The molecule has 16 heavy (non-hydrogen) atoms. The molecule has 0 saturated heterocycles. The van der Waals surface area contributed by atoms with E-state index in [9.17, 15) is 4.79 Å². The third-order valence-corrected chi connectivity index (χ3v) is 2.81. The van der Waals surface area contributed by atoms with Crippen LogP contribution in [0, 0.1) is 0 Å². The average molecular weight is 216 g/mol. The minimum Gasteiger partial charge on any atom is -0.461 e. The van der Waals surface area contributed by atoms with Crippen LogP contribution in [0.1, 0.15) is 38.0 Å². The maximum absolute atomic E-state index is 11.9. The fourth-order valence-electron chi connectivity index (χ4n) is 1.88. The van der Waals surface area contributed by atoms with E-state index >= 15 is 0 Å². The zero-order valence-electron chi connectivity index (χ0n) is 9.91. The molecule has 84 valence electrons. The Labute approximate surface area is 94.9 Å². The number of aryl methyl sites for hydroxylation is 1. The van der Waals surface area contributed by atoms with Gasteiger partial charge in [-0.1, -0.05) is 32.9 Å². The van der Waals surface area contributed by atoms with Crippen LogP contribution in [0.25, 0.3) is 11.0 Å². The molecule has 0 amide bonds. The molecule has 0 aliphatic heterocycles. The van der Waals surface area contributed by atoms with Crippen molar-refractivity contribution in [2.75, 3.05) is 0 Å². The molecule has 1 heterocycles. The summed E-state index contributed by atoms with van der Waals surface area (Å²) in [5, 5.41) is 0.684. The second-order valence-corrected chi connectivity index (χ2v) is 4.31. The van der Waals surface area contributed by atoms with E-state index in [1.54, 1.807) is 6.07 Å². The fourth-order valence-corrected chi connectivity index (χ4v) is 1.88. The number of rotatable bonds is 2. The first kappa shape index (κ1) is 10.9. The topological polar surface area (TPSA) is 30.2 Å². The van der Waals surface area contributed by atoms with Crippen LogP contribution >= 0.6 is 0 Å². The smallest absolute Gasteiger partial charge is 0.192 e. The molecule has 0 fully saturated rings. The molecule has 1 aromatic carbocycles. The van der Waals surface area contributed by atoms with Crippen LogP contribution in [0.5, 0.6) is 0 Å². The van der Waals surface area contributed by atoms with Gasteiger partial charge >= 0.3 is 0 Å². The first-order valence-corrected chi connectivity index (χ1v) is 5.69. The summed E-state index contributed by atoms with van der Waals surface area (Å²) in [6.45, 7) is 6.20. The zero-order valence-corrected chi connectivity index (χ0v) is 9.91. The zero-order chi connectivity index (χ0) is 11.7. The summed E-state index contributed by atoms with van der Waals surface area (Å²) in [6, 6.07) is 7.36. The lowest BCUT2D eigenvalue weighted by Crippen LogP contribution is -2.03. The lowest BCUT2D eigenvalue weighted by Gasteiger charge is -2.09. The van der Waals surface area contributed by atoms with Crippen LogP contribution in [-0.2, 0) is 6.42 Å². The maximum Gasteiger partial charge on any atom is 0.192 e. The van der Waals surface area contributed by atoms with Gasteiger partial charge in [-0.2, -0.15) is 0 Å². The summed E-state index contributed by atoms with van der Waals surface area (Å²) in [5.74, 6) is 1.12. The molecule has 0 spiro atoms. The number of benzene rings is 1. The van der Waals surface area contributed by atoms with Crippen molar-refractivity contribution in [1.82, 2.24) is 0 Å². The van der Waals surface area contributed by atoms with Gasteiger partial charge in [-0.3, -0.25) is 4.79 Å². The molecule has 0 N–H and O–H groups in total. The van der Waals surface area contributed by atoms with Gasteiger partial charge in [-0.15, -0.1) is 0 Å². The largest absolute Gasteiger partial charge is 0.461 e. The van der Waals surface area contributed by atoms with Crippen molar-refractivity contribution in [3.63, 3.8) is 0 Å². The highest BCUT2D eigenvalue weighted by molar-refractivity contribution is 5.80. The molecule has 2 rings (SSSR count). The van der Waals surface area contributed by atoms with Crippen molar-refractivity contribution in [1.29, 1.82) is 0 Å². The molecule has 0 radical (unpaired) electrons. The van der Waals surface area contributed by atoms with Crippen molar-refractivity contribution in [3.8, 4) is 0 Å². The lowest BCUT2D eigenvalue weighted by molar-refractivity contribution is 0.538. The van der Waals surface area contributed by atoms with Crippen molar-refractivity contribution < 1.29 is 4.42 Å². The van der Waals surface area contributed by atoms with E-state index in [4.69, 9.17) is 4.42 Å². The summed E-state index contributed by atoms with van der Waals surface area (Å²) in [7, 11) is 0. The molecule has 2 heteroatoms. The SMILES string of the molecule is CCc1cc(=O)c2cccc(C(C)C)c2o1. The van der Waals surface area contributed by atoms with E-state index in [1.807, 2.05) is 25.1 Å². The quantitative estimate of drug-likeness (QED) is 0.769. The Morgan fingerprint density at radius 2 is 2.06 bits per heavy atom. The van der Waals surface area contributed by atoms with Crippen LogP contribution in [-0.4, -0.2) is 0 Å². The number of para-hydroxylation sites is 1. The van der Waals surface area contributed by atoms with Crippen LogP contribution in [0.3, 0.4) is 0 Å². The third kappa shape index (κ3) is 1.75. The van der Waals surface area contributed by atoms with Gasteiger partial charge in [0, 0.05) is 12.5 Å². The minimum atomic E-state index is 0.0561. The molecule has 0 aliphatic rings. The Hall–Kier alpha value is -1.57. The highest BCUT2D eigenvalue weighted by Crippen LogP contribution is 2.24. The normalized spacial score (nSPS) is 11.2. The van der Waals surface area contributed by atoms with Gasteiger partial charge in [0.25, 0.3) is 0 Å². The van der Waals surface area contributed by atoms with Gasteiger partial charge in [-0.05, 0) is 17.5 Å². The Kier molecular flexibility index (Phi) is 2.82. The van der Waals surface area contributed by atoms with Crippen molar-refractivity contribution in [2.24, 2.45) is 0 Å². The predicted octanol–water partition coefficient (Wildman–Crippen LogP) is 3.48. The van der Waals surface area contributed by atoms with Gasteiger partial charge in [0.15, 0.2) is 5.43 Å². The van der Waals surface area contributed by atoms with Crippen LogP contribution in [0.4, 0.5) is 0 Å². The van der Waals surface area contributed by atoms with E-state index < -0.39 is 0 Å². The second-order valence-electron chi connectivity index (χ2n) is 4.31. The van der Waals surface area contributed by atoms with Gasteiger partial charge in [-0.25, -0.2) is 0 Å². The van der Waals surface area contributed by atoms with E-state index in [0.717, 1.165) is 23.3 Å². The highest BCUT2D eigenvalue weighted by atomic mass is 16.3. The van der Waals surface area contributed by atoms with Gasteiger partial charge in [0.1, 0.15) is 11.3 Å². The molecule has 0 bridgehead atoms. The predicted molar refractivity (Wildman–Crippen MR) is 66.0 cm³/mol. The maximum atomic E-state index is 11.9. The summed E-state index contributed by atoms with van der Waals surface area (Å²) in [4.78, 5) is 11.9. The molecule has 0 aliphatic carbocycles. The molecule has 0 unspecified atom stereocenters. The molecular formula is C14H16O2. The van der Waals surface area contributed by atoms with E-state index in [1.165, 1.54) is 0 Å². The van der Waals surface area contributed by atoms with E-state index in [0.29, 0.717) is 11.3 Å². The molecule has 2 aromatic rings. The summed E-state index contributed by atoms with van der Waals surface area (Å²) >= 11 is 0. The van der Waals surface area contributed by atoms with Crippen molar-refractivity contribution in [3.05, 3.63) is 45.8 Å². The summed E-state index contributed by atoms with van der Waals surface area (Å²) in [6.07, 6.45) is 0.748. The summed E-state index contributed by atoms with van der Waals surface area (Å²) in [5.41, 5.74) is 1.91.